The lowest BCUT2D eigenvalue weighted by molar-refractivity contribution is -0.113. The first-order valence-corrected chi connectivity index (χ1v) is 9.48. The number of ether oxygens (including phenoxy) is 2. The van der Waals surface area contributed by atoms with Crippen molar-refractivity contribution in [3.8, 4) is 11.5 Å². The van der Waals surface area contributed by atoms with E-state index in [1.165, 1.54) is 11.8 Å². The number of hydrogen-bond donors (Lipinski definition) is 0. The molecule has 1 saturated heterocycles. The van der Waals surface area contributed by atoms with Crippen molar-refractivity contribution in [1.82, 2.24) is 0 Å². The van der Waals surface area contributed by atoms with Gasteiger partial charge in [0.05, 0.1) is 10.6 Å². The molecule has 7 heteroatoms. The van der Waals surface area contributed by atoms with Crippen LogP contribution in [-0.2, 0) is 4.79 Å². The van der Waals surface area contributed by atoms with Crippen molar-refractivity contribution in [1.29, 1.82) is 0 Å². The van der Waals surface area contributed by atoms with Crippen molar-refractivity contribution >= 4 is 61.9 Å². The first-order valence-electron chi connectivity index (χ1n) is 7.47. The molecule has 0 atom stereocenters. The molecule has 4 rings (SSSR count). The maximum Gasteiger partial charge on any atom is 0.270 e. The fourth-order valence-electron chi connectivity index (χ4n) is 2.64. The molecule has 1 amide bonds. The van der Waals surface area contributed by atoms with Gasteiger partial charge in [-0.1, -0.05) is 52.0 Å². The van der Waals surface area contributed by atoms with Crippen molar-refractivity contribution in [2.45, 2.75) is 6.92 Å². The van der Waals surface area contributed by atoms with E-state index in [1.54, 1.807) is 4.90 Å². The molecule has 1 fully saturated rings. The summed E-state index contributed by atoms with van der Waals surface area (Å²) in [5.74, 6) is 1.24. The molecule has 0 saturated carbocycles. The van der Waals surface area contributed by atoms with Gasteiger partial charge in [-0.15, -0.1) is 0 Å². The summed E-state index contributed by atoms with van der Waals surface area (Å²) in [6, 6.07) is 11.4. The summed E-state index contributed by atoms with van der Waals surface area (Å²) in [4.78, 5) is 15.0. The summed E-state index contributed by atoms with van der Waals surface area (Å²) < 4.78 is 12.1. The largest absolute Gasteiger partial charge is 0.454 e. The number of rotatable bonds is 2. The van der Waals surface area contributed by atoms with Gasteiger partial charge in [-0.2, -0.15) is 0 Å². The summed E-state index contributed by atoms with van der Waals surface area (Å²) in [7, 11) is 0. The predicted octanol–water partition coefficient (Wildman–Crippen LogP) is 4.89. The van der Waals surface area contributed by atoms with Crippen molar-refractivity contribution in [2.75, 3.05) is 11.7 Å². The third-order valence-electron chi connectivity index (χ3n) is 3.83. The molecule has 0 aliphatic carbocycles. The van der Waals surface area contributed by atoms with E-state index in [-0.39, 0.29) is 12.7 Å². The van der Waals surface area contributed by atoms with Gasteiger partial charge in [0.25, 0.3) is 5.91 Å². The van der Waals surface area contributed by atoms with Crippen LogP contribution in [0.1, 0.15) is 11.1 Å². The van der Waals surface area contributed by atoms with Gasteiger partial charge in [-0.05, 0) is 48.4 Å². The Morgan fingerprint density at radius 2 is 2.00 bits per heavy atom. The molecule has 2 heterocycles. The first kappa shape index (κ1) is 16.6. The van der Waals surface area contributed by atoms with Crippen LogP contribution in [0.3, 0.4) is 0 Å². The van der Waals surface area contributed by atoms with Gasteiger partial charge in [0.1, 0.15) is 0 Å². The average molecular weight is 434 g/mol. The van der Waals surface area contributed by atoms with E-state index in [0.717, 1.165) is 21.3 Å². The number of amides is 1. The maximum absolute atomic E-state index is 12.9. The fourth-order valence-corrected chi connectivity index (χ4v) is 4.37. The summed E-state index contributed by atoms with van der Waals surface area (Å²) >= 11 is 10.2. The number of thioether (sulfide) groups is 1. The van der Waals surface area contributed by atoms with Crippen molar-refractivity contribution in [2.24, 2.45) is 0 Å². The van der Waals surface area contributed by atoms with E-state index in [2.05, 4.69) is 15.9 Å². The number of anilines is 1. The Morgan fingerprint density at radius 3 is 2.76 bits per heavy atom. The zero-order chi connectivity index (χ0) is 17.6. The average Bonchev–Trinajstić information content (AvgIpc) is 3.12. The number of hydrogen-bond acceptors (Lipinski definition) is 5. The summed E-state index contributed by atoms with van der Waals surface area (Å²) in [5, 5.41) is 0. The molecule has 0 radical (unpaired) electrons. The monoisotopic (exact) mass is 433 g/mol. The van der Waals surface area contributed by atoms with Crippen LogP contribution in [-0.4, -0.2) is 17.0 Å². The summed E-state index contributed by atoms with van der Waals surface area (Å²) in [5.41, 5.74) is 2.71. The van der Waals surface area contributed by atoms with Crippen LogP contribution in [0.5, 0.6) is 11.5 Å². The van der Waals surface area contributed by atoms with Crippen LogP contribution in [0, 0.1) is 6.92 Å². The molecule has 126 valence electrons. The highest BCUT2D eigenvalue weighted by atomic mass is 79.9. The Hall–Kier alpha value is -1.83. The minimum atomic E-state index is -0.120. The quantitative estimate of drug-likeness (QED) is 0.497. The van der Waals surface area contributed by atoms with E-state index in [9.17, 15) is 4.79 Å². The summed E-state index contributed by atoms with van der Waals surface area (Å²) in [6.45, 7) is 2.20. The number of halogens is 1. The number of nitrogens with zero attached hydrogens (tertiary/aromatic N) is 1. The van der Waals surface area contributed by atoms with Crippen LogP contribution in [0.15, 0.2) is 45.8 Å². The smallest absolute Gasteiger partial charge is 0.270 e. The lowest BCUT2D eigenvalue weighted by atomic mass is 10.1. The minimum absolute atomic E-state index is 0.120. The molecule has 2 aromatic rings. The van der Waals surface area contributed by atoms with Crippen LogP contribution >= 0.6 is 39.9 Å². The van der Waals surface area contributed by atoms with E-state index in [4.69, 9.17) is 21.7 Å². The second-order valence-electron chi connectivity index (χ2n) is 5.58. The molecular formula is C18H12BrNO3S2. The van der Waals surface area contributed by atoms with Crippen molar-refractivity contribution in [3.05, 3.63) is 56.9 Å². The number of benzene rings is 2. The predicted molar refractivity (Wildman–Crippen MR) is 107 cm³/mol. The molecule has 2 aliphatic heterocycles. The van der Waals surface area contributed by atoms with Gasteiger partial charge >= 0.3 is 0 Å². The van der Waals surface area contributed by atoms with Gasteiger partial charge in [0.2, 0.25) is 6.79 Å². The Morgan fingerprint density at radius 1 is 1.24 bits per heavy atom. The van der Waals surface area contributed by atoms with Crippen LogP contribution in [0.4, 0.5) is 5.69 Å². The molecule has 25 heavy (non-hydrogen) atoms. The maximum atomic E-state index is 12.9. The molecule has 2 aliphatic rings. The van der Waals surface area contributed by atoms with Gasteiger partial charge < -0.3 is 9.47 Å². The lowest BCUT2D eigenvalue weighted by Gasteiger charge is -2.14. The number of carbonyl (C=O) groups excluding carboxylic acids is 1. The SMILES string of the molecule is Cc1cccc(N2C(=O)C(=Cc3cc4c(cc3Br)OCO4)SC2=S)c1. The van der Waals surface area contributed by atoms with Gasteiger partial charge in [0.15, 0.2) is 15.8 Å². The van der Waals surface area contributed by atoms with Crippen LogP contribution in [0.2, 0.25) is 0 Å². The molecule has 0 spiro atoms. The molecular weight excluding hydrogens is 422 g/mol. The van der Waals surface area contributed by atoms with Crippen molar-refractivity contribution in [3.63, 3.8) is 0 Å². The number of thiocarbonyl (C=S) groups is 1. The molecule has 2 aromatic carbocycles. The number of aryl methyl sites for hydroxylation is 1. The number of carbonyl (C=O) groups is 1. The summed E-state index contributed by atoms with van der Waals surface area (Å²) in [6.07, 6.45) is 1.82. The first-order chi connectivity index (χ1) is 12.0. The normalized spacial score (nSPS) is 17.7. The molecule has 0 N–H and O–H groups in total. The van der Waals surface area contributed by atoms with Crippen LogP contribution < -0.4 is 14.4 Å². The van der Waals surface area contributed by atoms with Crippen LogP contribution in [0.25, 0.3) is 6.08 Å². The second-order valence-corrected chi connectivity index (χ2v) is 8.11. The lowest BCUT2D eigenvalue weighted by Crippen LogP contribution is -2.27. The van der Waals surface area contributed by atoms with E-state index >= 15 is 0 Å². The van der Waals surface area contributed by atoms with E-state index in [1.807, 2.05) is 49.4 Å². The highest BCUT2D eigenvalue weighted by Gasteiger charge is 2.33. The van der Waals surface area contributed by atoms with Gasteiger partial charge in [0, 0.05) is 4.47 Å². The third kappa shape index (κ3) is 3.07. The highest BCUT2D eigenvalue weighted by Crippen LogP contribution is 2.40. The zero-order valence-electron chi connectivity index (χ0n) is 13.1. The topological polar surface area (TPSA) is 38.8 Å². The highest BCUT2D eigenvalue weighted by molar-refractivity contribution is 9.10. The van der Waals surface area contributed by atoms with Crippen molar-refractivity contribution < 1.29 is 14.3 Å². The van der Waals surface area contributed by atoms with E-state index < -0.39 is 0 Å². The minimum Gasteiger partial charge on any atom is -0.454 e. The Balaban J connectivity index is 1.69. The van der Waals surface area contributed by atoms with Gasteiger partial charge in [-0.25, -0.2) is 0 Å². The Kier molecular flexibility index (Phi) is 4.31. The molecule has 0 aromatic heterocycles. The van der Waals surface area contributed by atoms with Gasteiger partial charge in [-0.3, -0.25) is 9.69 Å². The third-order valence-corrected chi connectivity index (χ3v) is 5.82. The second kappa shape index (κ2) is 6.48. The Labute approximate surface area is 162 Å². The molecule has 0 unspecified atom stereocenters. The fraction of sp³-hybridized carbons (Fsp3) is 0.111. The molecule has 4 nitrogen and oxygen atoms in total. The zero-order valence-corrected chi connectivity index (χ0v) is 16.3. The standard InChI is InChI=1S/C18H12BrNO3S2/c1-10-3-2-4-12(5-10)20-17(21)16(25-18(20)24)7-11-6-14-15(8-13(11)19)23-9-22-14/h2-8H,9H2,1H3. The number of fused-ring (bicyclic) bond motifs is 1. The van der Waals surface area contributed by atoms with E-state index in [0.29, 0.717) is 20.7 Å². The molecule has 0 bridgehead atoms. The Bertz CT molecular complexity index is 942.